The van der Waals surface area contributed by atoms with Gasteiger partial charge in [-0.15, -0.1) is 0 Å². The highest BCUT2D eigenvalue weighted by molar-refractivity contribution is 5.82. The molecule has 21 heavy (non-hydrogen) atoms. The van der Waals surface area contributed by atoms with Crippen molar-refractivity contribution in [2.24, 2.45) is 5.92 Å². The maximum Gasteiger partial charge on any atom is 0.137 e. The molecule has 2 fully saturated rings. The second kappa shape index (κ2) is 6.73. The molecule has 2 atom stereocenters. The number of piperidine rings is 1. The zero-order chi connectivity index (χ0) is 14.7. The third kappa shape index (κ3) is 3.20. The molecule has 1 saturated heterocycles. The van der Waals surface area contributed by atoms with Gasteiger partial charge in [0.05, 0.1) is 12.0 Å². The average Bonchev–Trinajstić information content (AvgIpc) is 2.96. The summed E-state index contributed by atoms with van der Waals surface area (Å²) in [7, 11) is 0. The molecule has 0 aromatic carbocycles. The summed E-state index contributed by atoms with van der Waals surface area (Å²) in [6, 6.07) is 0.465. The monoisotopic (exact) mass is 289 g/mol. The van der Waals surface area contributed by atoms with Gasteiger partial charge >= 0.3 is 0 Å². The number of ketones is 1. The summed E-state index contributed by atoms with van der Waals surface area (Å²) in [5.41, 5.74) is 1.28. The third-order valence-electron chi connectivity index (χ3n) is 5.23. The van der Waals surface area contributed by atoms with Crippen molar-refractivity contribution in [3.8, 4) is 0 Å². The minimum absolute atomic E-state index is 0.289. The molecule has 2 unspecified atom stereocenters. The summed E-state index contributed by atoms with van der Waals surface area (Å²) in [6.45, 7) is 5.20. The van der Waals surface area contributed by atoms with Crippen LogP contribution in [0.4, 0.5) is 0 Å². The number of carbonyl (C=O) groups is 1. The van der Waals surface area contributed by atoms with Gasteiger partial charge in [0.1, 0.15) is 5.78 Å². The maximum absolute atomic E-state index is 12.3. The van der Waals surface area contributed by atoms with Crippen molar-refractivity contribution >= 4 is 5.78 Å². The van der Waals surface area contributed by atoms with Crippen molar-refractivity contribution in [2.45, 2.75) is 71.0 Å². The van der Waals surface area contributed by atoms with Crippen molar-refractivity contribution in [1.29, 1.82) is 0 Å². The molecule has 1 saturated carbocycles. The Labute approximate surface area is 127 Å². The van der Waals surface area contributed by atoms with Crippen LogP contribution in [-0.4, -0.2) is 32.8 Å². The minimum atomic E-state index is 0.289. The van der Waals surface area contributed by atoms with E-state index in [0.29, 0.717) is 11.8 Å². The van der Waals surface area contributed by atoms with Crippen LogP contribution in [0.1, 0.15) is 57.6 Å². The van der Waals surface area contributed by atoms with Crippen molar-refractivity contribution in [3.05, 3.63) is 18.2 Å². The Bertz CT molecular complexity index is 482. The lowest BCUT2D eigenvalue weighted by atomic mass is 9.79. The summed E-state index contributed by atoms with van der Waals surface area (Å²) in [5, 5.41) is 0. The first kappa shape index (κ1) is 14.8. The van der Waals surface area contributed by atoms with Crippen LogP contribution in [0.5, 0.6) is 0 Å². The fourth-order valence-corrected chi connectivity index (χ4v) is 4.06. The Morgan fingerprint density at radius 2 is 2.10 bits per heavy atom. The van der Waals surface area contributed by atoms with Gasteiger partial charge in [-0.1, -0.05) is 12.8 Å². The van der Waals surface area contributed by atoms with Gasteiger partial charge in [-0.3, -0.25) is 9.69 Å². The first-order chi connectivity index (χ1) is 10.3. The summed E-state index contributed by atoms with van der Waals surface area (Å²) < 4.78 is 2.22. The van der Waals surface area contributed by atoms with Crippen LogP contribution in [0.2, 0.25) is 0 Å². The van der Waals surface area contributed by atoms with Crippen molar-refractivity contribution in [1.82, 2.24) is 14.5 Å². The molecule has 3 rings (SSSR count). The van der Waals surface area contributed by atoms with Gasteiger partial charge in [-0.25, -0.2) is 4.98 Å². The molecule has 0 radical (unpaired) electrons. The predicted octanol–water partition coefficient (Wildman–Crippen LogP) is 3.02. The molecule has 2 aliphatic rings. The van der Waals surface area contributed by atoms with E-state index in [-0.39, 0.29) is 5.92 Å². The smallest absolute Gasteiger partial charge is 0.137 e. The molecule has 0 bridgehead atoms. The quantitative estimate of drug-likeness (QED) is 0.855. The van der Waals surface area contributed by atoms with Crippen LogP contribution in [0.15, 0.2) is 12.5 Å². The molecule has 4 nitrogen and oxygen atoms in total. The third-order valence-corrected chi connectivity index (χ3v) is 5.23. The number of Topliss-reactive ketones (excluding diaryl/α,β-unsaturated/α-hetero) is 1. The van der Waals surface area contributed by atoms with E-state index in [1.165, 1.54) is 31.4 Å². The Kier molecular flexibility index (Phi) is 4.73. The van der Waals surface area contributed by atoms with E-state index in [0.717, 1.165) is 38.9 Å². The number of nitrogens with zero attached hydrogens (tertiary/aromatic N) is 3. The van der Waals surface area contributed by atoms with E-state index in [4.69, 9.17) is 0 Å². The number of carbonyl (C=O) groups excluding carboxylic acids is 1. The van der Waals surface area contributed by atoms with Crippen molar-refractivity contribution < 1.29 is 4.79 Å². The standard InChI is InChI=1S/C17H27N3O/c1-2-19-13-18-11-14(19)12-20-10-6-5-8-16(20)15-7-3-4-9-17(15)21/h11,13,15-16H,2-10,12H2,1H3. The van der Waals surface area contributed by atoms with Crippen LogP contribution >= 0.6 is 0 Å². The Morgan fingerprint density at radius 1 is 1.24 bits per heavy atom. The van der Waals surface area contributed by atoms with Crippen molar-refractivity contribution in [2.75, 3.05) is 6.54 Å². The molecule has 1 aromatic heterocycles. The summed E-state index contributed by atoms with van der Waals surface area (Å²) >= 11 is 0. The lowest BCUT2D eigenvalue weighted by Crippen LogP contribution is -2.47. The van der Waals surface area contributed by atoms with Crippen LogP contribution in [0.3, 0.4) is 0 Å². The normalized spacial score (nSPS) is 28.0. The van der Waals surface area contributed by atoms with Crippen LogP contribution in [0.25, 0.3) is 0 Å². The average molecular weight is 289 g/mol. The van der Waals surface area contributed by atoms with E-state index in [1.54, 1.807) is 0 Å². The van der Waals surface area contributed by atoms with Crippen LogP contribution in [-0.2, 0) is 17.9 Å². The van der Waals surface area contributed by atoms with E-state index >= 15 is 0 Å². The summed E-state index contributed by atoms with van der Waals surface area (Å²) in [5.74, 6) is 0.805. The second-order valence-corrected chi connectivity index (χ2v) is 6.52. The minimum Gasteiger partial charge on any atom is -0.334 e. The lowest BCUT2D eigenvalue weighted by Gasteiger charge is -2.41. The van der Waals surface area contributed by atoms with Gasteiger partial charge in [0.25, 0.3) is 0 Å². The highest BCUT2D eigenvalue weighted by Crippen LogP contribution is 2.32. The van der Waals surface area contributed by atoms with Crippen molar-refractivity contribution in [3.63, 3.8) is 0 Å². The molecule has 4 heteroatoms. The van der Waals surface area contributed by atoms with E-state index in [1.807, 2.05) is 12.5 Å². The van der Waals surface area contributed by atoms with E-state index < -0.39 is 0 Å². The first-order valence-electron chi connectivity index (χ1n) is 8.55. The van der Waals surface area contributed by atoms with Gasteiger partial charge in [0, 0.05) is 37.7 Å². The zero-order valence-corrected chi connectivity index (χ0v) is 13.1. The van der Waals surface area contributed by atoms with Crippen LogP contribution in [0, 0.1) is 5.92 Å². The largest absolute Gasteiger partial charge is 0.334 e. The van der Waals surface area contributed by atoms with Crippen LogP contribution < -0.4 is 0 Å². The van der Waals surface area contributed by atoms with E-state index in [9.17, 15) is 4.79 Å². The molecule has 116 valence electrons. The molecule has 1 aliphatic heterocycles. The Hall–Kier alpha value is -1.16. The molecule has 0 amide bonds. The van der Waals surface area contributed by atoms with Gasteiger partial charge < -0.3 is 4.57 Å². The second-order valence-electron chi connectivity index (χ2n) is 6.52. The van der Waals surface area contributed by atoms with Gasteiger partial charge in [-0.2, -0.15) is 0 Å². The SMILES string of the molecule is CCn1cncc1CN1CCCCC1C1CCCCC1=O. The fraction of sp³-hybridized carbons (Fsp3) is 0.765. The Morgan fingerprint density at radius 3 is 2.90 bits per heavy atom. The predicted molar refractivity (Wildman–Crippen MR) is 82.9 cm³/mol. The number of rotatable bonds is 4. The highest BCUT2D eigenvalue weighted by Gasteiger charge is 2.35. The molecular formula is C17H27N3O. The molecule has 0 spiro atoms. The molecule has 1 aliphatic carbocycles. The lowest BCUT2D eigenvalue weighted by molar-refractivity contribution is -0.127. The molecular weight excluding hydrogens is 262 g/mol. The molecule has 0 N–H and O–H groups in total. The zero-order valence-electron chi connectivity index (χ0n) is 13.1. The van der Waals surface area contributed by atoms with E-state index in [2.05, 4.69) is 21.4 Å². The van der Waals surface area contributed by atoms with Gasteiger partial charge in [0.2, 0.25) is 0 Å². The number of hydrogen-bond donors (Lipinski definition) is 0. The first-order valence-corrected chi connectivity index (χ1v) is 8.55. The number of hydrogen-bond acceptors (Lipinski definition) is 3. The molecule has 2 heterocycles. The highest BCUT2D eigenvalue weighted by atomic mass is 16.1. The number of aryl methyl sites for hydroxylation is 1. The maximum atomic E-state index is 12.3. The number of imidazole rings is 1. The number of aromatic nitrogens is 2. The topological polar surface area (TPSA) is 38.1 Å². The summed E-state index contributed by atoms with van der Waals surface area (Å²) in [4.78, 5) is 19.2. The molecule has 1 aromatic rings. The number of likely N-dealkylation sites (tertiary alicyclic amines) is 1. The summed E-state index contributed by atoms with van der Waals surface area (Å²) in [6.07, 6.45) is 11.9. The van der Waals surface area contributed by atoms with Gasteiger partial charge in [0.15, 0.2) is 0 Å². The fourth-order valence-electron chi connectivity index (χ4n) is 4.06. The van der Waals surface area contributed by atoms with Gasteiger partial charge in [-0.05, 0) is 39.2 Å². The Balaban J connectivity index is 1.73.